The molecule has 0 aliphatic rings. The normalized spacial score (nSPS) is 12.7. The number of carbonyl (C=O) groups excluding carboxylic acids is 3. The molecule has 2 unspecified atom stereocenters. The van der Waals surface area contributed by atoms with Crippen LogP contribution in [0.15, 0.2) is 42.5 Å². The third kappa shape index (κ3) is 10.1. The number of nitrogens with one attached hydrogen (secondary N) is 2. The molecule has 0 aromatic heterocycles. The lowest BCUT2D eigenvalue weighted by Gasteiger charge is -2.35. The van der Waals surface area contributed by atoms with E-state index in [1.807, 2.05) is 32.0 Å². The third-order valence-corrected chi connectivity index (χ3v) is 6.72. The molecule has 2 aromatic rings. The lowest BCUT2D eigenvalue weighted by Crippen LogP contribution is -2.53. The molecule has 2 atom stereocenters. The summed E-state index contributed by atoms with van der Waals surface area (Å²) in [5.41, 5.74) is 2.43. The fourth-order valence-electron chi connectivity index (χ4n) is 4.30. The Hall–Kier alpha value is -3.20. The first-order valence-corrected chi connectivity index (χ1v) is 14.5. The smallest absolute Gasteiger partial charge is 0.408 e. The van der Waals surface area contributed by atoms with Gasteiger partial charge in [-0.2, -0.15) is 12.6 Å². The van der Waals surface area contributed by atoms with Crippen LogP contribution in [0.3, 0.4) is 0 Å². The molecule has 0 fully saturated rings. The van der Waals surface area contributed by atoms with Crippen LogP contribution in [0.5, 0.6) is 5.75 Å². The molecule has 8 nitrogen and oxygen atoms in total. The maximum Gasteiger partial charge on any atom is 0.408 e. The topological polar surface area (TPSA) is 97.0 Å². The zero-order valence-electron chi connectivity index (χ0n) is 24.9. The number of hydrogen-bond donors (Lipinski definition) is 3. The molecule has 0 aliphatic carbocycles. The quantitative estimate of drug-likeness (QED) is 0.196. The fourth-order valence-corrected chi connectivity index (χ4v) is 4.55. The van der Waals surface area contributed by atoms with Crippen LogP contribution in [0.1, 0.15) is 76.1 Å². The van der Waals surface area contributed by atoms with Crippen LogP contribution in [-0.4, -0.2) is 53.9 Å². The number of ether oxygens (including phenoxy) is 2. The standard InChI is InChI=1S/C31H45N3O5S/c1-8-9-10-11-18-34(29(36)26(20-40)33-30(37)39-31(4,5)6)27(25-19-21(2)12-13-22(25)3)28(35)32-23-14-16-24(38-7)17-15-23/h12-17,19,26-27,40H,8-11,18,20H2,1-7H3,(H,32,35)(H,33,37). The maximum atomic E-state index is 14.1. The van der Waals surface area contributed by atoms with Crippen molar-refractivity contribution in [2.24, 2.45) is 0 Å². The van der Waals surface area contributed by atoms with E-state index in [0.29, 0.717) is 24.4 Å². The summed E-state index contributed by atoms with van der Waals surface area (Å²) in [5.74, 6) is -0.0314. The molecule has 0 heterocycles. The first-order chi connectivity index (χ1) is 18.9. The van der Waals surface area contributed by atoms with Crippen LogP contribution in [-0.2, 0) is 14.3 Å². The highest BCUT2D eigenvalue weighted by Crippen LogP contribution is 2.29. The van der Waals surface area contributed by atoms with E-state index in [2.05, 4.69) is 30.2 Å². The molecule has 40 heavy (non-hydrogen) atoms. The molecule has 2 N–H and O–H groups in total. The molecule has 0 saturated heterocycles. The first-order valence-electron chi connectivity index (χ1n) is 13.8. The predicted octanol–water partition coefficient (Wildman–Crippen LogP) is 6.22. The van der Waals surface area contributed by atoms with E-state index >= 15 is 0 Å². The van der Waals surface area contributed by atoms with Crippen molar-refractivity contribution in [3.8, 4) is 5.75 Å². The maximum absolute atomic E-state index is 14.1. The predicted molar refractivity (Wildman–Crippen MR) is 163 cm³/mol. The fraction of sp³-hybridized carbons (Fsp3) is 0.516. The van der Waals surface area contributed by atoms with Crippen molar-refractivity contribution in [3.05, 3.63) is 59.2 Å². The lowest BCUT2D eigenvalue weighted by atomic mass is 9.95. The van der Waals surface area contributed by atoms with Crippen LogP contribution >= 0.6 is 12.6 Å². The highest BCUT2D eigenvalue weighted by Gasteiger charge is 2.36. The van der Waals surface area contributed by atoms with Crippen molar-refractivity contribution < 1.29 is 23.9 Å². The van der Waals surface area contributed by atoms with Crippen LogP contribution in [0, 0.1) is 13.8 Å². The number of thiol groups is 1. The van der Waals surface area contributed by atoms with Gasteiger partial charge in [-0.15, -0.1) is 0 Å². The highest BCUT2D eigenvalue weighted by molar-refractivity contribution is 7.80. The molecule has 2 rings (SSSR count). The number of aryl methyl sites for hydroxylation is 2. The summed E-state index contributed by atoms with van der Waals surface area (Å²) >= 11 is 4.37. The van der Waals surface area contributed by atoms with Gasteiger partial charge in [-0.3, -0.25) is 9.59 Å². The van der Waals surface area contributed by atoms with E-state index in [-0.39, 0.29) is 11.7 Å². The molecule has 0 radical (unpaired) electrons. The molecule has 0 aliphatic heterocycles. The van der Waals surface area contributed by atoms with Gasteiger partial charge in [0.25, 0.3) is 5.91 Å². The minimum atomic E-state index is -0.981. The largest absolute Gasteiger partial charge is 0.497 e. The van der Waals surface area contributed by atoms with Crippen molar-refractivity contribution in [3.63, 3.8) is 0 Å². The SMILES string of the molecule is CCCCCCN(C(=O)C(CS)NC(=O)OC(C)(C)C)C(C(=O)Nc1ccc(OC)cc1)c1cc(C)ccc1C. The number of amides is 3. The van der Waals surface area contributed by atoms with Crippen molar-refractivity contribution in [2.45, 2.75) is 84.9 Å². The molecule has 2 aromatic carbocycles. The van der Waals surface area contributed by atoms with E-state index in [4.69, 9.17) is 9.47 Å². The van der Waals surface area contributed by atoms with Crippen LogP contribution in [0.4, 0.5) is 10.5 Å². The number of alkyl carbamates (subject to hydrolysis) is 1. The van der Waals surface area contributed by atoms with Gasteiger partial charge >= 0.3 is 6.09 Å². The third-order valence-electron chi connectivity index (χ3n) is 6.35. The summed E-state index contributed by atoms with van der Waals surface area (Å²) < 4.78 is 10.6. The Morgan fingerprint density at radius 3 is 2.25 bits per heavy atom. The van der Waals surface area contributed by atoms with Crippen LogP contribution in [0.2, 0.25) is 0 Å². The number of hydrogen-bond acceptors (Lipinski definition) is 6. The summed E-state index contributed by atoms with van der Waals surface area (Å²) in [6.45, 7) is 11.6. The number of nitrogens with zero attached hydrogens (tertiary/aromatic N) is 1. The van der Waals surface area contributed by atoms with Crippen LogP contribution in [0.25, 0.3) is 0 Å². The summed E-state index contributed by atoms with van der Waals surface area (Å²) in [6.07, 6.45) is 2.95. The second kappa shape index (κ2) is 15.6. The average Bonchev–Trinajstić information content (AvgIpc) is 2.89. The van der Waals surface area contributed by atoms with E-state index < -0.39 is 29.7 Å². The number of carbonyl (C=O) groups is 3. The molecule has 220 valence electrons. The molecular weight excluding hydrogens is 526 g/mol. The summed E-state index contributed by atoms with van der Waals surface area (Å²) in [5, 5.41) is 5.65. The Labute approximate surface area is 244 Å². The van der Waals surface area contributed by atoms with Crippen molar-refractivity contribution >= 4 is 36.2 Å². The van der Waals surface area contributed by atoms with Crippen molar-refractivity contribution in [1.29, 1.82) is 0 Å². The van der Waals surface area contributed by atoms with Gasteiger partial charge in [-0.05, 0) is 76.4 Å². The number of anilines is 1. The molecule has 0 bridgehead atoms. The van der Waals surface area contributed by atoms with Gasteiger partial charge in [-0.25, -0.2) is 4.79 Å². The lowest BCUT2D eigenvalue weighted by molar-refractivity contribution is -0.140. The van der Waals surface area contributed by atoms with Crippen LogP contribution < -0.4 is 15.4 Å². The van der Waals surface area contributed by atoms with Gasteiger partial charge in [0, 0.05) is 18.0 Å². The summed E-state index contributed by atoms with van der Waals surface area (Å²) in [4.78, 5) is 42.3. The van der Waals surface area contributed by atoms with Gasteiger partial charge in [0.15, 0.2) is 0 Å². The molecular formula is C31H45N3O5S. The average molecular weight is 572 g/mol. The minimum absolute atomic E-state index is 0.0448. The van der Waals surface area contributed by atoms with Gasteiger partial charge in [-0.1, -0.05) is 49.9 Å². The number of methoxy groups -OCH3 is 1. The monoisotopic (exact) mass is 571 g/mol. The van der Waals surface area contributed by atoms with Gasteiger partial charge in [0.1, 0.15) is 23.4 Å². The zero-order valence-corrected chi connectivity index (χ0v) is 25.8. The molecule has 0 saturated carbocycles. The van der Waals surface area contributed by atoms with Gasteiger partial charge < -0.3 is 25.0 Å². The summed E-state index contributed by atoms with van der Waals surface area (Å²) in [7, 11) is 1.58. The molecule has 0 spiro atoms. The number of unbranched alkanes of at least 4 members (excludes halogenated alkanes) is 3. The number of rotatable bonds is 13. The van der Waals surface area contributed by atoms with Crippen molar-refractivity contribution in [1.82, 2.24) is 10.2 Å². The molecule has 3 amide bonds. The van der Waals surface area contributed by atoms with Gasteiger partial charge in [0.05, 0.1) is 7.11 Å². The minimum Gasteiger partial charge on any atom is -0.497 e. The van der Waals surface area contributed by atoms with E-state index in [9.17, 15) is 14.4 Å². The Morgan fingerprint density at radius 2 is 1.68 bits per heavy atom. The molecule has 9 heteroatoms. The second-order valence-corrected chi connectivity index (χ2v) is 11.3. The zero-order chi connectivity index (χ0) is 29.9. The summed E-state index contributed by atoms with van der Waals surface area (Å²) in [6, 6.07) is 11.0. The Balaban J connectivity index is 2.52. The Bertz CT molecular complexity index is 1130. The highest BCUT2D eigenvalue weighted by atomic mass is 32.1. The second-order valence-electron chi connectivity index (χ2n) is 11.0. The van der Waals surface area contributed by atoms with Gasteiger partial charge in [0.2, 0.25) is 5.91 Å². The Morgan fingerprint density at radius 1 is 1.00 bits per heavy atom. The number of benzene rings is 2. The van der Waals surface area contributed by atoms with E-state index in [1.165, 1.54) is 0 Å². The van der Waals surface area contributed by atoms with E-state index in [0.717, 1.165) is 36.0 Å². The van der Waals surface area contributed by atoms with E-state index in [1.54, 1.807) is 57.0 Å². The Kier molecular flexibility index (Phi) is 12.8. The van der Waals surface area contributed by atoms with Crippen molar-refractivity contribution in [2.75, 3.05) is 24.7 Å². The first kappa shape index (κ1) is 33.0.